The number of nitrogens with one attached hydrogen (secondary N) is 1. The molecule has 0 bridgehead atoms. The van der Waals surface area contributed by atoms with E-state index in [1.165, 1.54) is 0 Å². The van der Waals surface area contributed by atoms with Crippen LogP contribution in [0.15, 0.2) is 0 Å². The lowest BCUT2D eigenvalue weighted by atomic mass is 9.87. The smallest absolute Gasteiger partial charge is 0.325 e. The molecule has 0 aliphatic carbocycles. The summed E-state index contributed by atoms with van der Waals surface area (Å²) in [6, 6.07) is 0. The number of carbonyl (C=O) groups is 1. The van der Waals surface area contributed by atoms with Crippen LogP contribution in [0.1, 0.15) is 42.5 Å². The molecular formula is C18H25NO4S. The average Bonchev–Trinajstić information content (AvgIpc) is 2.56. The first-order chi connectivity index (χ1) is 11.2. The van der Waals surface area contributed by atoms with Crippen molar-refractivity contribution in [1.82, 2.24) is 5.32 Å². The lowest BCUT2D eigenvalue weighted by Crippen LogP contribution is -2.51. The van der Waals surface area contributed by atoms with Gasteiger partial charge in [-0.15, -0.1) is 0 Å². The zero-order valence-corrected chi connectivity index (χ0v) is 15.7. The highest BCUT2D eigenvalue weighted by Crippen LogP contribution is 2.43. The molecule has 132 valence electrons. The highest BCUT2D eigenvalue weighted by atomic mass is 32.1. The number of ether oxygens (including phenoxy) is 2. The summed E-state index contributed by atoms with van der Waals surface area (Å²) < 4.78 is 11.2. The largest absolute Gasteiger partial charge is 0.507 e. The molecule has 1 aliphatic heterocycles. The van der Waals surface area contributed by atoms with Crippen LogP contribution in [-0.4, -0.2) is 34.8 Å². The third-order valence-corrected chi connectivity index (χ3v) is 5.27. The zero-order chi connectivity index (χ0) is 18.1. The van der Waals surface area contributed by atoms with Crippen LogP contribution in [0.2, 0.25) is 0 Å². The molecule has 1 aromatic carbocycles. The van der Waals surface area contributed by atoms with Gasteiger partial charge in [0.2, 0.25) is 0 Å². The molecule has 1 aromatic rings. The molecule has 1 unspecified atom stereocenters. The Bertz CT molecular complexity index is 686. The Labute approximate surface area is 148 Å². The molecule has 0 radical (unpaired) electrons. The second kappa shape index (κ2) is 6.97. The van der Waals surface area contributed by atoms with Crippen molar-refractivity contribution in [2.24, 2.45) is 0 Å². The van der Waals surface area contributed by atoms with Crippen LogP contribution >= 0.6 is 12.2 Å². The van der Waals surface area contributed by atoms with E-state index in [1.807, 2.05) is 27.7 Å². The van der Waals surface area contributed by atoms with E-state index in [0.29, 0.717) is 23.8 Å². The number of carbonyl (C=O) groups excluding carboxylic acids is 1. The Morgan fingerprint density at radius 1 is 1.33 bits per heavy atom. The van der Waals surface area contributed by atoms with E-state index in [1.54, 1.807) is 6.92 Å². The van der Waals surface area contributed by atoms with Gasteiger partial charge in [0, 0.05) is 5.56 Å². The first kappa shape index (κ1) is 18.5. The number of fused-ring (bicyclic) bond motifs is 1. The van der Waals surface area contributed by atoms with Gasteiger partial charge in [0.15, 0.2) is 5.60 Å². The average molecular weight is 351 g/mol. The SMILES string of the molecule is CCOC(=O)CNC(=S)C1(C)CCc2c(C)c(O)c(C)c(C)c2O1. The molecule has 1 heterocycles. The molecule has 2 rings (SSSR count). The van der Waals surface area contributed by atoms with Crippen molar-refractivity contribution in [3.05, 3.63) is 22.3 Å². The van der Waals surface area contributed by atoms with Gasteiger partial charge >= 0.3 is 5.97 Å². The molecular weight excluding hydrogens is 326 g/mol. The summed E-state index contributed by atoms with van der Waals surface area (Å²) in [6.45, 7) is 9.79. The number of rotatable bonds is 4. The Kier molecular flexibility index (Phi) is 5.38. The summed E-state index contributed by atoms with van der Waals surface area (Å²) in [4.78, 5) is 12.0. The predicted octanol–water partition coefficient (Wildman–Crippen LogP) is 2.88. The lowest BCUT2D eigenvalue weighted by Gasteiger charge is -2.38. The number of benzene rings is 1. The maximum atomic E-state index is 11.5. The van der Waals surface area contributed by atoms with Crippen LogP contribution in [-0.2, 0) is 16.0 Å². The molecule has 0 aromatic heterocycles. The summed E-state index contributed by atoms with van der Waals surface area (Å²) in [5.41, 5.74) is 2.95. The zero-order valence-electron chi connectivity index (χ0n) is 14.9. The second-order valence-corrected chi connectivity index (χ2v) is 6.76. The van der Waals surface area contributed by atoms with Crippen molar-refractivity contribution >= 4 is 23.2 Å². The Balaban J connectivity index is 2.22. The standard InChI is InChI=1S/C18H25NO4S/c1-6-22-14(20)9-19-17(24)18(5)8-7-13-12(4)15(21)10(2)11(3)16(13)23-18/h21H,6-9H2,1-5H3,(H,19,24). The molecule has 1 aliphatic rings. The predicted molar refractivity (Wildman–Crippen MR) is 96.9 cm³/mol. The first-order valence-electron chi connectivity index (χ1n) is 8.15. The van der Waals surface area contributed by atoms with Gasteiger partial charge < -0.3 is 19.9 Å². The lowest BCUT2D eigenvalue weighted by molar-refractivity contribution is -0.141. The van der Waals surface area contributed by atoms with Gasteiger partial charge in [-0.2, -0.15) is 0 Å². The van der Waals surface area contributed by atoms with E-state index in [-0.39, 0.29) is 12.5 Å². The number of thiocarbonyl (C=S) groups is 1. The molecule has 0 spiro atoms. The summed E-state index contributed by atoms with van der Waals surface area (Å²) in [5, 5.41) is 13.2. The van der Waals surface area contributed by atoms with Crippen LogP contribution in [0.3, 0.4) is 0 Å². The maximum absolute atomic E-state index is 11.5. The van der Waals surface area contributed by atoms with E-state index in [0.717, 1.165) is 34.4 Å². The van der Waals surface area contributed by atoms with E-state index < -0.39 is 5.60 Å². The number of phenols is 1. The summed E-state index contributed by atoms with van der Waals surface area (Å²) in [7, 11) is 0. The van der Waals surface area contributed by atoms with Crippen LogP contribution in [0.25, 0.3) is 0 Å². The van der Waals surface area contributed by atoms with Crippen LogP contribution in [0, 0.1) is 20.8 Å². The molecule has 2 N–H and O–H groups in total. The number of hydrogen-bond acceptors (Lipinski definition) is 5. The van der Waals surface area contributed by atoms with Gasteiger partial charge in [-0.3, -0.25) is 4.79 Å². The third kappa shape index (κ3) is 3.34. The van der Waals surface area contributed by atoms with Gasteiger partial charge in [-0.25, -0.2) is 0 Å². The van der Waals surface area contributed by atoms with E-state index in [9.17, 15) is 9.90 Å². The maximum Gasteiger partial charge on any atom is 0.325 e. The van der Waals surface area contributed by atoms with E-state index >= 15 is 0 Å². The number of phenolic OH excluding ortho intramolecular Hbond substituents is 1. The van der Waals surface area contributed by atoms with Crippen molar-refractivity contribution in [2.75, 3.05) is 13.2 Å². The fraction of sp³-hybridized carbons (Fsp3) is 0.556. The van der Waals surface area contributed by atoms with Crippen molar-refractivity contribution in [3.8, 4) is 11.5 Å². The Hall–Kier alpha value is -1.82. The van der Waals surface area contributed by atoms with Gasteiger partial charge in [-0.1, -0.05) is 12.2 Å². The van der Waals surface area contributed by atoms with Gasteiger partial charge in [0.1, 0.15) is 23.0 Å². The second-order valence-electron chi connectivity index (χ2n) is 6.35. The molecule has 0 amide bonds. The van der Waals surface area contributed by atoms with Gasteiger partial charge in [0.25, 0.3) is 0 Å². The monoisotopic (exact) mass is 351 g/mol. The molecule has 0 fully saturated rings. The molecule has 0 saturated carbocycles. The van der Waals surface area contributed by atoms with Crippen LogP contribution in [0.4, 0.5) is 0 Å². The van der Waals surface area contributed by atoms with Crippen LogP contribution < -0.4 is 10.1 Å². The number of esters is 1. The Morgan fingerprint density at radius 3 is 2.62 bits per heavy atom. The topological polar surface area (TPSA) is 67.8 Å². The number of aromatic hydroxyl groups is 1. The number of hydrogen-bond donors (Lipinski definition) is 2. The minimum atomic E-state index is -0.685. The molecule has 0 saturated heterocycles. The third-order valence-electron chi connectivity index (χ3n) is 4.70. The Morgan fingerprint density at radius 2 is 2.00 bits per heavy atom. The van der Waals surface area contributed by atoms with Crippen molar-refractivity contribution in [3.63, 3.8) is 0 Å². The quantitative estimate of drug-likeness (QED) is 0.642. The summed E-state index contributed by atoms with van der Waals surface area (Å²) >= 11 is 5.46. The van der Waals surface area contributed by atoms with E-state index in [2.05, 4.69) is 5.32 Å². The molecule has 6 heteroatoms. The highest BCUT2D eigenvalue weighted by molar-refractivity contribution is 7.80. The van der Waals surface area contributed by atoms with Crippen molar-refractivity contribution in [2.45, 2.75) is 53.1 Å². The molecule has 24 heavy (non-hydrogen) atoms. The molecule has 5 nitrogen and oxygen atoms in total. The van der Waals surface area contributed by atoms with Crippen molar-refractivity contribution in [1.29, 1.82) is 0 Å². The fourth-order valence-corrected chi connectivity index (χ4v) is 3.17. The van der Waals surface area contributed by atoms with Crippen molar-refractivity contribution < 1.29 is 19.4 Å². The summed E-state index contributed by atoms with van der Waals surface area (Å²) in [5.74, 6) is 0.783. The highest BCUT2D eigenvalue weighted by Gasteiger charge is 2.38. The van der Waals surface area contributed by atoms with Gasteiger partial charge in [-0.05, 0) is 64.2 Å². The van der Waals surface area contributed by atoms with E-state index in [4.69, 9.17) is 21.7 Å². The normalized spacial score (nSPS) is 19.2. The van der Waals surface area contributed by atoms with Gasteiger partial charge in [0.05, 0.1) is 6.61 Å². The molecule has 1 atom stereocenters. The minimum Gasteiger partial charge on any atom is -0.507 e. The van der Waals surface area contributed by atoms with Crippen LogP contribution in [0.5, 0.6) is 11.5 Å². The summed E-state index contributed by atoms with van der Waals surface area (Å²) in [6.07, 6.45) is 1.44. The minimum absolute atomic E-state index is 0.0328. The first-order valence-corrected chi connectivity index (χ1v) is 8.56. The fourth-order valence-electron chi connectivity index (χ4n) is 2.96.